The van der Waals surface area contributed by atoms with Crippen molar-refractivity contribution in [2.45, 2.75) is 12.7 Å². The molecule has 4 nitrogen and oxygen atoms in total. The van der Waals surface area contributed by atoms with Crippen LogP contribution in [0.25, 0.3) is 10.9 Å². The van der Waals surface area contributed by atoms with E-state index >= 15 is 0 Å². The van der Waals surface area contributed by atoms with Gasteiger partial charge in [-0.3, -0.25) is 4.98 Å². The van der Waals surface area contributed by atoms with Gasteiger partial charge in [-0.1, -0.05) is 17.7 Å². The maximum absolute atomic E-state index is 12.7. The lowest BCUT2D eigenvalue weighted by molar-refractivity contribution is -0.137. The van der Waals surface area contributed by atoms with Crippen LogP contribution >= 0.6 is 11.6 Å². The maximum atomic E-state index is 12.7. The molecule has 0 saturated carbocycles. The molecule has 8 heteroatoms. The average molecular weight is 339 g/mol. The van der Waals surface area contributed by atoms with E-state index in [4.69, 9.17) is 11.6 Å². The van der Waals surface area contributed by atoms with E-state index in [1.54, 1.807) is 24.3 Å². The summed E-state index contributed by atoms with van der Waals surface area (Å²) in [6, 6.07) is 7.78. The quantitative estimate of drug-likeness (QED) is 0.723. The van der Waals surface area contributed by atoms with Gasteiger partial charge in [0, 0.05) is 24.2 Å². The largest absolute Gasteiger partial charge is 0.417 e. The van der Waals surface area contributed by atoms with Crippen LogP contribution in [0.1, 0.15) is 11.1 Å². The summed E-state index contributed by atoms with van der Waals surface area (Å²) in [5.74, 6) is 0.535. The number of benzene rings is 1. The van der Waals surface area contributed by atoms with Crippen LogP contribution in [0.5, 0.6) is 0 Å². The molecular formula is C15H10ClF3N4. The molecule has 1 N–H and O–H groups in total. The topological polar surface area (TPSA) is 50.7 Å². The van der Waals surface area contributed by atoms with Crippen LogP contribution in [0.3, 0.4) is 0 Å². The van der Waals surface area contributed by atoms with Crippen LogP contribution in [-0.4, -0.2) is 15.0 Å². The van der Waals surface area contributed by atoms with Crippen LogP contribution in [-0.2, 0) is 12.7 Å². The second-order valence-corrected chi connectivity index (χ2v) is 5.22. The fourth-order valence-corrected chi connectivity index (χ4v) is 2.22. The van der Waals surface area contributed by atoms with Crippen molar-refractivity contribution in [3.05, 3.63) is 59.1 Å². The first-order valence-corrected chi connectivity index (χ1v) is 6.97. The highest BCUT2D eigenvalue weighted by Gasteiger charge is 2.30. The standard InChI is InChI=1S/C15H10ClF3N4/c16-13-5-14(23-8-22-13)21-6-9-1-2-12-10(3-9)4-11(7-20-12)15(17,18)19/h1-5,7-8H,6H2,(H,21,22,23). The molecule has 2 aromatic heterocycles. The molecule has 0 spiro atoms. The summed E-state index contributed by atoms with van der Waals surface area (Å²) in [6.45, 7) is 0.388. The Bertz CT molecular complexity index is 851. The zero-order valence-electron chi connectivity index (χ0n) is 11.6. The normalized spacial score (nSPS) is 11.7. The van der Waals surface area contributed by atoms with Gasteiger partial charge in [-0.15, -0.1) is 0 Å². The fourth-order valence-electron chi connectivity index (χ4n) is 2.07. The Morgan fingerprint density at radius 3 is 2.61 bits per heavy atom. The summed E-state index contributed by atoms with van der Waals surface area (Å²) < 4.78 is 38.2. The number of rotatable bonds is 3. The molecule has 2 heterocycles. The molecule has 0 fully saturated rings. The first-order chi connectivity index (χ1) is 10.9. The van der Waals surface area contributed by atoms with Crippen LogP contribution < -0.4 is 5.32 Å². The third kappa shape index (κ3) is 3.68. The van der Waals surface area contributed by atoms with Crippen molar-refractivity contribution in [3.8, 4) is 0 Å². The van der Waals surface area contributed by atoms with Gasteiger partial charge in [0.05, 0.1) is 11.1 Å². The molecule has 23 heavy (non-hydrogen) atoms. The first kappa shape index (κ1) is 15.5. The van der Waals surface area contributed by atoms with E-state index in [0.717, 1.165) is 17.8 Å². The van der Waals surface area contributed by atoms with Crippen molar-refractivity contribution >= 4 is 28.3 Å². The van der Waals surface area contributed by atoms with Gasteiger partial charge in [-0.25, -0.2) is 9.97 Å². The Labute approximate surface area is 134 Å². The average Bonchev–Trinajstić information content (AvgIpc) is 2.51. The first-order valence-electron chi connectivity index (χ1n) is 6.59. The minimum absolute atomic E-state index is 0.306. The number of halogens is 4. The Morgan fingerprint density at radius 2 is 1.87 bits per heavy atom. The molecule has 0 bridgehead atoms. The second kappa shape index (κ2) is 6.00. The highest BCUT2D eigenvalue weighted by molar-refractivity contribution is 6.29. The summed E-state index contributed by atoms with van der Waals surface area (Å²) >= 11 is 5.76. The van der Waals surface area contributed by atoms with E-state index in [1.165, 1.54) is 6.33 Å². The van der Waals surface area contributed by atoms with E-state index < -0.39 is 11.7 Å². The number of fused-ring (bicyclic) bond motifs is 1. The Kier molecular flexibility index (Phi) is 4.04. The number of pyridine rings is 1. The van der Waals surface area contributed by atoms with E-state index in [1.807, 2.05) is 0 Å². The van der Waals surface area contributed by atoms with Gasteiger partial charge in [-0.2, -0.15) is 13.2 Å². The number of nitrogens with one attached hydrogen (secondary N) is 1. The van der Waals surface area contributed by atoms with Crippen molar-refractivity contribution in [1.29, 1.82) is 0 Å². The molecule has 0 saturated heterocycles. The van der Waals surface area contributed by atoms with E-state index in [9.17, 15) is 13.2 Å². The van der Waals surface area contributed by atoms with Crippen LogP contribution in [0.4, 0.5) is 19.0 Å². The minimum Gasteiger partial charge on any atom is -0.366 e. The van der Waals surface area contributed by atoms with Gasteiger partial charge in [0.1, 0.15) is 17.3 Å². The van der Waals surface area contributed by atoms with Crippen molar-refractivity contribution in [2.75, 3.05) is 5.32 Å². The van der Waals surface area contributed by atoms with Gasteiger partial charge in [0.25, 0.3) is 0 Å². The molecular weight excluding hydrogens is 329 g/mol. The molecule has 0 radical (unpaired) electrons. The Balaban J connectivity index is 1.84. The number of aromatic nitrogens is 3. The van der Waals surface area contributed by atoms with Gasteiger partial charge in [-0.05, 0) is 23.8 Å². The summed E-state index contributed by atoms with van der Waals surface area (Å²) in [4.78, 5) is 11.6. The molecule has 0 unspecified atom stereocenters. The number of anilines is 1. The predicted molar refractivity (Wildman–Crippen MR) is 81.1 cm³/mol. The second-order valence-electron chi connectivity index (χ2n) is 4.83. The smallest absolute Gasteiger partial charge is 0.366 e. The van der Waals surface area contributed by atoms with E-state index in [0.29, 0.717) is 28.4 Å². The SMILES string of the molecule is FC(F)(F)c1cnc2ccc(CNc3cc(Cl)ncn3)cc2c1. The van der Waals surface area contributed by atoms with Gasteiger partial charge in [0.15, 0.2) is 0 Å². The summed E-state index contributed by atoms with van der Waals surface area (Å²) in [5.41, 5.74) is 0.540. The number of hydrogen-bond donors (Lipinski definition) is 1. The lowest BCUT2D eigenvalue weighted by Gasteiger charge is -2.09. The maximum Gasteiger partial charge on any atom is 0.417 e. The van der Waals surface area contributed by atoms with Crippen LogP contribution in [0, 0.1) is 0 Å². The summed E-state index contributed by atoms with van der Waals surface area (Å²) in [7, 11) is 0. The molecule has 3 aromatic rings. The lowest BCUT2D eigenvalue weighted by atomic mass is 10.1. The van der Waals surface area contributed by atoms with Gasteiger partial charge >= 0.3 is 6.18 Å². The fraction of sp³-hybridized carbons (Fsp3) is 0.133. The monoisotopic (exact) mass is 338 g/mol. The molecule has 0 atom stereocenters. The van der Waals surface area contributed by atoms with E-state index in [2.05, 4.69) is 20.3 Å². The van der Waals surface area contributed by atoms with Crippen LogP contribution in [0.15, 0.2) is 42.9 Å². The van der Waals surface area contributed by atoms with Crippen molar-refractivity contribution in [3.63, 3.8) is 0 Å². The van der Waals surface area contributed by atoms with Crippen LogP contribution in [0.2, 0.25) is 5.15 Å². The van der Waals surface area contributed by atoms with Crippen molar-refractivity contribution < 1.29 is 13.2 Å². The molecule has 0 aliphatic rings. The summed E-state index contributed by atoms with van der Waals surface area (Å²) in [5, 5.41) is 3.77. The third-order valence-electron chi connectivity index (χ3n) is 3.18. The highest BCUT2D eigenvalue weighted by atomic mass is 35.5. The zero-order chi connectivity index (χ0) is 16.4. The molecule has 0 aliphatic carbocycles. The molecule has 1 aromatic carbocycles. The number of hydrogen-bond acceptors (Lipinski definition) is 4. The zero-order valence-corrected chi connectivity index (χ0v) is 12.4. The van der Waals surface area contributed by atoms with Gasteiger partial charge in [0.2, 0.25) is 0 Å². The minimum atomic E-state index is -4.41. The molecule has 0 aliphatic heterocycles. The molecule has 118 valence electrons. The molecule has 0 amide bonds. The summed E-state index contributed by atoms with van der Waals surface area (Å²) in [6.07, 6.45) is -2.25. The highest BCUT2D eigenvalue weighted by Crippen LogP contribution is 2.30. The lowest BCUT2D eigenvalue weighted by Crippen LogP contribution is -2.05. The predicted octanol–water partition coefficient (Wildman–Crippen LogP) is 4.31. The Morgan fingerprint density at radius 1 is 1.04 bits per heavy atom. The number of alkyl halides is 3. The van der Waals surface area contributed by atoms with Crippen molar-refractivity contribution in [2.24, 2.45) is 0 Å². The molecule has 3 rings (SSSR count). The van der Waals surface area contributed by atoms with Gasteiger partial charge < -0.3 is 5.32 Å². The number of nitrogens with zero attached hydrogens (tertiary/aromatic N) is 3. The van der Waals surface area contributed by atoms with Crippen molar-refractivity contribution in [1.82, 2.24) is 15.0 Å². The Hall–Kier alpha value is -2.41. The van der Waals surface area contributed by atoms with E-state index in [-0.39, 0.29) is 0 Å². The third-order valence-corrected chi connectivity index (χ3v) is 3.39.